The molecular formula is C10H22N2O2. The van der Waals surface area contributed by atoms with Crippen molar-refractivity contribution in [2.45, 2.75) is 38.8 Å². The van der Waals surface area contributed by atoms with Gasteiger partial charge in [0.1, 0.15) is 6.04 Å². The molecule has 0 aliphatic rings. The van der Waals surface area contributed by atoms with Crippen molar-refractivity contribution < 1.29 is 9.53 Å². The van der Waals surface area contributed by atoms with Gasteiger partial charge in [-0.05, 0) is 20.4 Å². The summed E-state index contributed by atoms with van der Waals surface area (Å²) in [4.78, 5) is 13.3. The minimum Gasteiger partial charge on any atom is -0.468 e. The van der Waals surface area contributed by atoms with Crippen LogP contribution in [0.3, 0.4) is 0 Å². The van der Waals surface area contributed by atoms with E-state index < -0.39 is 0 Å². The molecule has 0 aliphatic heterocycles. The number of hydrogen-bond donors (Lipinski definition) is 1. The molecule has 0 aromatic rings. The van der Waals surface area contributed by atoms with Crippen LogP contribution in [0.4, 0.5) is 0 Å². The van der Waals surface area contributed by atoms with Crippen LogP contribution in [0.15, 0.2) is 0 Å². The molecule has 0 aromatic heterocycles. The van der Waals surface area contributed by atoms with Gasteiger partial charge in [0.25, 0.3) is 0 Å². The summed E-state index contributed by atoms with van der Waals surface area (Å²) < 4.78 is 4.69. The molecule has 14 heavy (non-hydrogen) atoms. The van der Waals surface area contributed by atoms with E-state index in [1.54, 1.807) is 0 Å². The summed E-state index contributed by atoms with van der Waals surface area (Å²) in [6.07, 6.45) is 2.16. The number of nitrogens with zero attached hydrogens (tertiary/aromatic N) is 1. The molecular weight excluding hydrogens is 180 g/mol. The van der Waals surface area contributed by atoms with Crippen molar-refractivity contribution >= 4 is 5.97 Å². The highest BCUT2D eigenvalue weighted by molar-refractivity contribution is 5.75. The molecule has 0 saturated heterocycles. The Morgan fingerprint density at radius 2 is 2.14 bits per heavy atom. The molecule has 2 atom stereocenters. The van der Waals surface area contributed by atoms with Gasteiger partial charge in [-0.1, -0.05) is 13.3 Å². The Labute approximate surface area is 86.4 Å². The largest absolute Gasteiger partial charge is 0.468 e. The van der Waals surface area contributed by atoms with Crippen molar-refractivity contribution in [3.8, 4) is 0 Å². The van der Waals surface area contributed by atoms with Crippen molar-refractivity contribution in [1.29, 1.82) is 0 Å². The van der Waals surface area contributed by atoms with Gasteiger partial charge in [0, 0.05) is 12.6 Å². The first-order valence-corrected chi connectivity index (χ1v) is 5.08. The van der Waals surface area contributed by atoms with Crippen LogP contribution in [0.2, 0.25) is 0 Å². The van der Waals surface area contributed by atoms with Crippen LogP contribution in [0.5, 0.6) is 0 Å². The molecule has 4 nitrogen and oxygen atoms in total. The van der Waals surface area contributed by atoms with Crippen molar-refractivity contribution in [3.05, 3.63) is 0 Å². The van der Waals surface area contributed by atoms with Gasteiger partial charge in [0.2, 0.25) is 0 Å². The van der Waals surface area contributed by atoms with E-state index in [-0.39, 0.29) is 12.0 Å². The zero-order chi connectivity index (χ0) is 11.1. The molecule has 0 radical (unpaired) electrons. The van der Waals surface area contributed by atoms with Gasteiger partial charge in [0.15, 0.2) is 0 Å². The zero-order valence-corrected chi connectivity index (χ0v) is 9.62. The number of hydrogen-bond acceptors (Lipinski definition) is 4. The first kappa shape index (κ1) is 13.4. The molecule has 2 N–H and O–H groups in total. The monoisotopic (exact) mass is 202 g/mol. The molecule has 0 heterocycles. The third-order valence-corrected chi connectivity index (χ3v) is 2.59. The standard InChI is InChI=1S/C10H22N2O2/c1-5-6-8(2)12(3)9(7-11)10(13)14-4/h8-9H,5-7,11H2,1-4H3. The molecule has 84 valence electrons. The highest BCUT2D eigenvalue weighted by Gasteiger charge is 2.25. The van der Waals surface area contributed by atoms with E-state index >= 15 is 0 Å². The Morgan fingerprint density at radius 1 is 1.57 bits per heavy atom. The molecule has 4 heteroatoms. The molecule has 0 amide bonds. The van der Waals surface area contributed by atoms with E-state index in [0.717, 1.165) is 12.8 Å². The van der Waals surface area contributed by atoms with Crippen molar-refractivity contribution in [2.24, 2.45) is 5.73 Å². The lowest BCUT2D eigenvalue weighted by Crippen LogP contribution is -2.48. The number of carbonyl (C=O) groups excluding carboxylic acids is 1. The van der Waals surface area contributed by atoms with Crippen LogP contribution in [0.25, 0.3) is 0 Å². The smallest absolute Gasteiger partial charge is 0.324 e. The average Bonchev–Trinajstić information content (AvgIpc) is 2.18. The average molecular weight is 202 g/mol. The van der Waals surface area contributed by atoms with Crippen LogP contribution < -0.4 is 5.73 Å². The maximum Gasteiger partial charge on any atom is 0.324 e. The SMILES string of the molecule is CCCC(C)N(C)C(CN)C(=O)OC. The van der Waals surface area contributed by atoms with Gasteiger partial charge in [-0.3, -0.25) is 9.69 Å². The zero-order valence-electron chi connectivity index (χ0n) is 9.62. The Balaban J connectivity index is 4.29. The fraction of sp³-hybridized carbons (Fsp3) is 0.900. The summed E-state index contributed by atoms with van der Waals surface area (Å²) in [5.41, 5.74) is 5.54. The number of likely N-dealkylation sites (N-methyl/N-ethyl adjacent to an activating group) is 1. The van der Waals surface area contributed by atoms with Crippen molar-refractivity contribution in [2.75, 3.05) is 20.7 Å². The lowest BCUT2D eigenvalue weighted by Gasteiger charge is -2.30. The fourth-order valence-electron chi connectivity index (χ4n) is 1.49. The molecule has 0 rings (SSSR count). The number of rotatable bonds is 6. The Bertz CT molecular complexity index is 174. The molecule has 0 aromatic carbocycles. The summed E-state index contributed by atoms with van der Waals surface area (Å²) in [5, 5.41) is 0. The molecule has 0 aliphatic carbocycles. The van der Waals surface area contributed by atoms with E-state index in [2.05, 4.69) is 13.8 Å². The highest BCUT2D eigenvalue weighted by Crippen LogP contribution is 2.08. The summed E-state index contributed by atoms with van der Waals surface area (Å²) in [7, 11) is 3.30. The molecule has 0 saturated carbocycles. The summed E-state index contributed by atoms with van der Waals surface area (Å²) >= 11 is 0. The predicted molar refractivity (Wildman–Crippen MR) is 57.0 cm³/mol. The Kier molecular flexibility index (Phi) is 6.49. The fourth-order valence-corrected chi connectivity index (χ4v) is 1.49. The van der Waals surface area contributed by atoms with Gasteiger partial charge < -0.3 is 10.5 Å². The Hall–Kier alpha value is -0.610. The lowest BCUT2D eigenvalue weighted by molar-refractivity contribution is -0.146. The van der Waals surface area contributed by atoms with Crippen molar-refractivity contribution in [1.82, 2.24) is 4.90 Å². The summed E-state index contributed by atoms with van der Waals surface area (Å²) in [6, 6.07) is 0.0363. The second-order valence-electron chi connectivity index (χ2n) is 3.58. The Morgan fingerprint density at radius 3 is 2.50 bits per heavy atom. The topological polar surface area (TPSA) is 55.6 Å². The van der Waals surface area contributed by atoms with Crippen molar-refractivity contribution in [3.63, 3.8) is 0 Å². The third-order valence-electron chi connectivity index (χ3n) is 2.59. The predicted octanol–water partition coefficient (Wildman–Crippen LogP) is 0.607. The number of ether oxygens (including phenoxy) is 1. The van der Waals surface area contributed by atoms with Gasteiger partial charge in [-0.25, -0.2) is 0 Å². The second-order valence-corrected chi connectivity index (χ2v) is 3.58. The van der Waals surface area contributed by atoms with E-state index in [1.165, 1.54) is 7.11 Å². The van der Waals surface area contributed by atoms with Crippen LogP contribution >= 0.6 is 0 Å². The third kappa shape index (κ3) is 3.64. The number of esters is 1. The first-order chi connectivity index (χ1) is 6.58. The van der Waals surface area contributed by atoms with E-state index in [4.69, 9.17) is 10.5 Å². The van der Waals surface area contributed by atoms with E-state index in [1.807, 2.05) is 11.9 Å². The molecule has 0 spiro atoms. The maximum absolute atomic E-state index is 11.3. The normalized spacial score (nSPS) is 15.3. The van der Waals surface area contributed by atoms with Gasteiger partial charge in [-0.15, -0.1) is 0 Å². The van der Waals surface area contributed by atoms with Crippen LogP contribution in [-0.2, 0) is 9.53 Å². The minimum absolute atomic E-state index is 0.252. The van der Waals surface area contributed by atoms with Gasteiger partial charge >= 0.3 is 5.97 Å². The first-order valence-electron chi connectivity index (χ1n) is 5.08. The van der Waals surface area contributed by atoms with Crippen LogP contribution in [0.1, 0.15) is 26.7 Å². The molecule has 0 fully saturated rings. The second kappa shape index (κ2) is 6.79. The lowest BCUT2D eigenvalue weighted by atomic mass is 10.1. The number of methoxy groups -OCH3 is 1. The molecule has 2 unspecified atom stereocenters. The highest BCUT2D eigenvalue weighted by atomic mass is 16.5. The van der Waals surface area contributed by atoms with Crippen LogP contribution in [0, 0.1) is 0 Å². The quantitative estimate of drug-likeness (QED) is 0.641. The summed E-state index contributed by atoms with van der Waals surface area (Å²) in [6.45, 7) is 4.52. The molecule has 0 bridgehead atoms. The maximum atomic E-state index is 11.3. The van der Waals surface area contributed by atoms with Crippen LogP contribution in [-0.4, -0.2) is 43.7 Å². The van der Waals surface area contributed by atoms with Gasteiger partial charge in [0.05, 0.1) is 7.11 Å². The summed E-state index contributed by atoms with van der Waals surface area (Å²) in [5.74, 6) is -0.252. The van der Waals surface area contributed by atoms with E-state index in [0.29, 0.717) is 12.6 Å². The number of carbonyl (C=O) groups is 1. The van der Waals surface area contributed by atoms with Gasteiger partial charge in [-0.2, -0.15) is 0 Å². The van der Waals surface area contributed by atoms with E-state index in [9.17, 15) is 4.79 Å². The minimum atomic E-state index is -0.318. The number of nitrogens with two attached hydrogens (primary N) is 1.